The van der Waals surface area contributed by atoms with Gasteiger partial charge in [0.2, 0.25) is 10.0 Å². The number of hydrogen-bond donors (Lipinski definition) is 0. The number of nitrogens with zero attached hydrogens (tertiary/aromatic N) is 3. The molecule has 0 aliphatic carbocycles. The van der Waals surface area contributed by atoms with E-state index in [9.17, 15) is 8.42 Å². The molecule has 0 amide bonds. The minimum atomic E-state index is -3.93. The van der Waals surface area contributed by atoms with Crippen LogP contribution in [0.3, 0.4) is 0 Å². The molecule has 0 saturated heterocycles. The van der Waals surface area contributed by atoms with Crippen molar-refractivity contribution in [3.8, 4) is 11.5 Å². The molecule has 0 N–H and O–H groups in total. The molecule has 0 fully saturated rings. The van der Waals surface area contributed by atoms with Crippen molar-refractivity contribution in [2.24, 2.45) is 9.98 Å². The van der Waals surface area contributed by atoms with Crippen molar-refractivity contribution in [2.45, 2.75) is 45.2 Å². The molecule has 2 aromatic rings. The van der Waals surface area contributed by atoms with Crippen LogP contribution in [0.5, 0.6) is 11.5 Å². The first kappa shape index (κ1) is 30.0. The molecule has 0 heterocycles. The van der Waals surface area contributed by atoms with Crippen LogP contribution in [0.1, 0.15) is 31.9 Å². The third-order valence-corrected chi connectivity index (χ3v) is 7.72. The van der Waals surface area contributed by atoms with Gasteiger partial charge in [0.15, 0.2) is 5.84 Å². The lowest BCUT2D eigenvalue weighted by Crippen LogP contribution is -2.46. The van der Waals surface area contributed by atoms with E-state index >= 15 is 0 Å². The number of sulfonamides is 1. The third-order valence-electron chi connectivity index (χ3n) is 5.56. The van der Waals surface area contributed by atoms with E-state index in [1.165, 1.54) is 4.31 Å². The molecule has 2 atom stereocenters. The van der Waals surface area contributed by atoms with E-state index in [4.69, 9.17) is 14.2 Å². The zero-order chi connectivity index (χ0) is 27.4. The Labute approximate surface area is 221 Å². The molecule has 0 aliphatic heterocycles. The Hall–Kier alpha value is -3.27. The molecular weight excluding hydrogens is 490 g/mol. The summed E-state index contributed by atoms with van der Waals surface area (Å²) in [5, 5.41) is -1.02. The Morgan fingerprint density at radius 1 is 0.973 bits per heavy atom. The van der Waals surface area contributed by atoms with Gasteiger partial charge in [-0.3, -0.25) is 0 Å². The van der Waals surface area contributed by atoms with Gasteiger partial charge in [0, 0.05) is 19.3 Å². The zero-order valence-electron chi connectivity index (χ0n) is 22.3. The van der Waals surface area contributed by atoms with Crippen LogP contribution in [-0.2, 0) is 27.8 Å². The van der Waals surface area contributed by atoms with Gasteiger partial charge in [-0.1, -0.05) is 35.9 Å². The highest BCUT2D eigenvalue weighted by Gasteiger charge is 2.38. The van der Waals surface area contributed by atoms with E-state index in [-0.39, 0.29) is 25.5 Å². The topological polar surface area (TPSA) is 89.8 Å². The van der Waals surface area contributed by atoms with Crippen molar-refractivity contribution in [1.29, 1.82) is 0 Å². The number of hydrogen-bond acceptors (Lipinski definition) is 6. The summed E-state index contributed by atoms with van der Waals surface area (Å²) in [4.78, 5) is 8.35. The van der Waals surface area contributed by atoms with Crippen LogP contribution in [-0.4, -0.2) is 57.5 Å². The Morgan fingerprint density at radius 2 is 1.46 bits per heavy atom. The molecule has 0 radical (unpaired) electrons. The maximum atomic E-state index is 14.1. The molecule has 0 unspecified atom stereocenters. The van der Waals surface area contributed by atoms with Gasteiger partial charge in [-0.25, -0.2) is 18.4 Å². The van der Waals surface area contributed by atoms with E-state index in [0.717, 1.165) is 16.7 Å². The molecule has 37 heavy (non-hydrogen) atoms. The van der Waals surface area contributed by atoms with Crippen molar-refractivity contribution in [3.05, 3.63) is 84.1 Å². The quantitative estimate of drug-likeness (QED) is 0.196. The SMILES string of the molecule is C=CCO[C@H](/C(N=C)=N/C=C(C)C)[C@@H](C)S(=O)(=O)N(Cc1ccc(OC)cc1)Cc1ccc(OC)cc1. The van der Waals surface area contributed by atoms with Gasteiger partial charge >= 0.3 is 0 Å². The number of ether oxygens (including phenoxy) is 3. The second kappa shape index (κ2) is 14.5. The van der Waals surface area contributed by atoms with Crippen LogP contribution in [0.2, 0.25) is 0 Å². The summed E-state index contributed by atoms with van der Waals surface area (Å²) in [6.45, 7) is 13.1. The summed E-state index contributed by atoms with van der Waals surface area (Å²) >= 11 is 0. The van der Waals surface area contributed by atoms with E-state index in [1.807, 2.05) is 38.1 Å². The molecule has 8 nitrogen and oxygen atoms in total. The molecule has 0 aliphatic rings. The summed E-state index contributed by atoms with van der Waals surface area (Å²) in [5.41, 5.74) is 2.56. The zero-order valence-corrected chi connectivity index (χ0v) is 23.1. The second-order valence-electron chi connectivity index (χ2n) is 8.61. The minimum absolute atomic E-state index is 0.130. The van der Waals surface area contributed by atoms with Gasteiger partial charge in [0.05, 0.1) is 20.8 Å². The normalized spacial score (nSPS) is 13.5. The Bertz CT molecular complexity index is 1140. The Balaban J connectivity index is 2.50. The smallest absolute Gasteiger partial charge is 0.220 e. The molecular formula is C28H37N3O5S. The summed E-state index contributed by atoms with van der Waals surface area (Å²) < 4.78 is 46.0. The first-order valence-corrected chi connectivity index (χ1v) is 13.3. The van der Waals surface area contributed by atoms with Gasteiger partial charge in [0.1, 0.15) is 22.9 Å². The van der Waals surface area contributed by atoms with Crippen molar-refractivity contribution in [2.75, 3.05) is 20.8 Å². The lowest BCUT2D eigenvalue weighted by atomic mass is 10.2. The van der Waals surface area contributed by atoms with Crippen LogP contribution >= 0.6 is 0 Å². The largest absolute Gasteiger partial charge is 0.497 e. The molecule has 0 bridgehead atoms. The predicted octanol–water partition coefficient (Wildman–Crippen LogP) is 5.02. The standard InChI is InChI=1S/C28H37N3O5S/c1-8-17-36-27(28(29-5)30-18-21(2)3)22(4)37(32,33)31(19-23-9-13-25(34-6)14-10-23)20-24-11-15-26(35-7)16-12-24/h8-16,18,22,27H,1,5,17,19-20H2,2-4,6-7H3/b30-28-/t22-,27+/m1/s1. The fourth-order valence-corrected chi connectivity index (χ4v) is 5.13. The van der Waals surface area contributed by atoms with Gasteiger partial charge in [-0.2, -0.15) is 4.31 Å². The van der Waals surface area contributed by atoms with Crippen molar-refractivity contribution < 1.29 is 22.6 Å². The van der Waals surface area contributed by atoms with Crippen LogP contribution in [0.25, 0.3) is 0 Å². The first-order valence-electron chi connectivity index (χ1n) is 11.8. The molecule has 0 spiro atoms. The van der Waals surface area contributed by atoms with E-state index in [2.05, 4.69) is 23.3 Å². The third kappa shape index (κ3) is 8.66. The molecule has 200 valence electrons. The number of allylic oxidation sites excluding steroid dienone is 1. The maximum absolute atomic E-state index is 14.1. The van der Waals surface area contributed by atoms with E-state index in [0.29, 0.717) is 11.5 Å². The highest BCUT2D eigenvalue weighted by Crippen LogP contribution is 2.24. The fraction of sp³-hybridized carbons (Fsp3) is 0.357. The van der Waals surface area contributed by atoms with Gasteiger partial charge in [0.25, 0.3) is 0 Å². The van der Waals surface area contributed by atoms with Crippen molar-refractivity contribution in [3.63, 3.8) is 0 Å². The van der Waals surface area contributed by atoms with E-state index in [1.54, 1.807) is 57.7 Å². The number of benzene rings is 2. The summed E-state index contributed by atoms with van der Waals surface area (Å²) in [5.74, 6) is 1.57. The Morgan fingerprint density at radius 3 is 1.84 bits per heavy atom. The van der Waals surface area contributed by atoms with Crippen LogP contribution in [0.4, 0.5) is 0 Å². The number of methoxy groups -OCH3 is 2. The molecule has 2 rings (SSSR count). The number of amidine groups is 1. The van der Waals surface area contributed by atoms with Gasteiger partial charge in [-0.05, 0) is 62.9 Å². The molecule has 0 saturated carbocycles. The molecule has 9 heteroatoms. The first-order chi connectivity index (χ1) is 17.7. The lowest BCUT2D eigenvalue weighted by Gasteiger charge is -2.30. The number of rotatable bonds is 14. The maximum Gasteiger partial charge on any atom is 0.220 e. The van der Waals surface area contributed by atoms with Crippen LogP contribution in [0.15, 0.2) is 82.9 Å². The van der Waals surface area contributed by atoms with Crippen molar-refractivity contribution in [1.82, 2.24) is 4.31 Å². The average molecular weight is 528 g/mol. The lowest BCUT2D eigenvalue weighted by molar-refractivity contribution is 0.119. The van der Waals surface area contributed by atoms with Crippen LogP contribution < -0.4 is 9.47 Å². The minimum Gasteiger partial charge on any atom is -0.497 e. The van der Waals surface area contributed by atoms with E-state index < -0.39 is 21.4 Å². The van der Waals surface area contributed by atoms with Gasteiger partial charge < -0.3 is 14.2 Å². The summed E-state index contributed by atoms with van der Waals surface area (Å²) in [6, 6.07) is 14.6. The monoisotopic (exact) mass is 527 g/mol. The molecule has 2 aromatic carbocycles. The Kier molecular flexibility index (Phi) is 11.7. The summed E-state index contributed by atoms with van der Waals surface area (Å²) in [6.07, 6.45) is 2.21. The second-order valence-corrected chi connectivity index (χ2v) is 10.9. The number of aliphatic imine (C=N–C) groups is 2. The highest BCUT2D eigenvalue weighted by molar-refractivity contribution is 7.89. The molecule has 0 aromatic heterocycles. The predicted molar refractivity (Wildman–Crippen MR) is 150 cm³/mol. The fourth-order valence-electron chi connectivity index (χ4n) is 3.49. The average Bonchev–Trinajstić information content (AvgIpc) is 2.90. The highest BCUT2D eigenvalue weighted by atomic mass is 32.2. The van der Waals surface area contributed by atoms with Crippen molar-refractivity contribution >= 4 is 22.6 Å². The van der Waals surface area contributed by atoms with Crippen LogP contribution in [0, 0.1) is 0 Å². The van der Waals surface area contributed by atoms with Gasteiger partial charge in [-0.15, -0.1) is 6.58 Å². The summed E-state index contributed by atoms with van der Waals surface area (Å²) in [7, 11) is -0.758.